The summed E-state index contributed by atoms with van der Waals surface area (Å²) < 4.78 is 6.39. The second kappa shape index (κ2) is 7.88. The summed E-state index contributed by atoms with van der Waals surface area (Å²) in [5, 5.41) is 1.12. The third-order valence-electron chi connectivity index (χ3n) is 5.19. The summed E-state index contributed by atoms with van der Waals surface area (Å²) in [7, 11) is 0. The Kier molecular flexibility index (Phi) is 5.16. The van der Waals surface area contributed by atoms with E-state index in [0.717, 1.165) is 61.2 Å². The molecule has 0 bridgehead atoms. The van der Waals surface area contributed by atoms with E-state index in [9.17, 15) is 0 Å². The predicted molar refractivity (Wildman–Crippen MR) is 107 cm³/mol. The van der Waals surface area contributed by atoms with Crippen LogP contribution in [0, 0.1) is 6.92 Å². The van der Waals surface area contributed by atoms with Crippen molar-refractivity contribution in [3.05, 3.63) is 71.9 Å². The summed E-state index contributed by atoms with van der Waals surface area (Å²) in [6, 6.07) is 21.1. The van der Waals surface area contributed by atoms with E-state index in [2.05, 4.69) is 64.5 Å². The smallest absolute Gasteiger partial charge is 0.130 e. The Morgan fingerprint density at radius 3 is 2.54 bits per heavy atom. The minimum Gasteiger partial charge on any atom is -0.490 e. The van der Waals surface area contributed by atoms with Gasteiger partial charge in [-0.1, -0.05) is 42.5 Å². The van der Waals surface area contributed by atoms with Crippen molar-refractivity contribution in [3.8, 4) is 5.75 Å². The molecule has 3 heteroatoms. The van der Waals surface area contributed by atoms with Crippen LogP contribution in [0.2, 0.25) is 0 Å². The molecule has 2 heterocycles. The maximum atomic E-state index is 6.39. The largest absolute Gasteiger partial charge is 0.490 e. The highest BCUT2D eigenvalue weighted by Crippen LogP contribution is 2.28. The van der Waals surface area contributed by atoms with Crippen LogP contribution < -0.4 is 4.74 Å². The predicted octanol–water partition coefficient (Wildman–Crippen LogP) is 4.63. The highest BCUT2D eigenvalue weighted by atomic mass is 16.5. The van der Waals surface area contributed by atoms with Gasteiger partial charge >= 0.3 is 0 Å². The number of hydrogen-bond donors (Lipinski definition) is 0. The molecule has 1 aliphatic rings. The van der Waals surface area contributed by atoms with Crippen LogP contribution >= 0.6 is 0 Å². The number of pyridine rings is 1. The molecule has 3 aromatic rings. The van der Waals surface area contributed by atoms with Gasteiger partial charge in [0.25, 0.3) is 0 Å². The van der Waals surface area contributed by atoms with Gasteiger partial charge < -0.3 is 9.64 Å². The van der Waals surface area contributed by atoms with E-state index in [1.165, 1.54) is 5.56 Å². The standard InChI is InChI=1S/C23H26N2O/c1-18-17-23(21-9-5-6-10-22(21)24-18)26-20-12-15-25(16-13-20)14-11-19-7-3-2-4-8-19/h2-10,17,20H,11-16H2,1H3. The molecule has 26 heavy (non-hydrogen) atoms. The lowest BCUT2D eigenvalue weighted by molar-refractivity contribution is 0.102. The minimum atomic E-state index is 0.299. The molecule has 0 radical (unpaired) electrons. The van der Waals surface area contributed by atoms with Crippen molar-refractivity contribution in [2.75, 3.05) is 19.6 Å². The lowest BCUT2D eigenvalue weighted by atomic mass is 10.1. The fraction of sp³-hybridized carbons (Fsp3) is 0.348. The number of rotatable bonds is 5. The molecular formula is C23H26N2O. The van der Waals surface area contributed by atoms with Gasteiger partial charge in [-0.15, -0.1) is 0 Å². The Morgan fingerprint density at radius 1 is 1.00 bits per heavy atom. The zero-order valence-corrected chi connectivity index (χ0v) is 15.4. The van der Waals surface area contributed by atoms with Crippen LogP contribution in [-0.2, 0) is 6.42 Å². The number of ether oxygens (including phenoxy) is 1. The van der Waals surface area contributed by atoms with Crippen LogP contribution in [0.1, 0.15) is 24.1 Å². The van der Waals surface area contributed by atoms with E-state index in [4.69, 9.17) is 4.74 Å². The number of para-hydroxylation sites is 1. The zero-order chi connectivity index (χ0) is 17.8. The van der Waals surface area contributed by atoms with Crippen molar-refractivity contribution in [1.29, 1.82) is 0 Å². The third kappa shape index (κ3) is 4.05. The molecule has 4 rings (SSSR count). The molecule has 1 fully saturated rings. The first-order valence-corrected chi connectivity index (χ1v) is 9.57. The Balaban J connectivity index is 1.34. The van der Waals surface area contributed by atoms with Crippen LogP contribution in [0.15, 0.2) is 60.7 Å². The van der Waals surface area contributed by atoms with Crippen molar-refractivity contribution in [2.45, 2.75) is 32.3 Å². The van der Waals surface area contributed by atoms with Crippen LogP contribution in [0.4, 0.5) is 0 Å². The SMILES string of the molecule is Cc1cc(OC2CCN(CCc3ccccc3)CC2)c2ccccc2n1. The minimum absolute atomic E-state index is 0.299. The average Bonchev–Trinajstić information content (AvgIpc) is 2.68. The molecule has 1 aliphatic heterocycles. The maximum absolute atomic E-state index is 6.39. The number of benzene rings is 2. The Morgan fingerprint density at radius 2 is 1.73 bits per heavy atom. The Labute approximate surface area is 155 Å². The average molecular weight is 346 g/mol. The molecule has 0 unspecified atom stereocenters. The first-order chi connectivity index (χ1) is 12.8. The first-order valence-electron chi connectivity index (χ1n) is 9.57. The lowest BCUT2D eigenvalue weighted by Crippen LogP contribution is -2.39. The number of hydrogen-bond acceptors (Lipinski definition) is 3. The highest BCUT2D eigenvalue weighted by Gasteiger charge is 2.21. The lowest BCUT2D eigenvalue weighted by Gasteiger charge is -2.32. The van der Waals surface area contributed by atoms with Crippen LogP contribution in [0.3, 0.4) is 0 Å². The highest BCUT2D eigenvalue weighted by molar-refractivity contribution is 5.85. The molecule has 0 atom stereocenters. The quantitative estimate of drug-likeness (QED) is 0.673. The number of piperidine rings is 1. The van der Waals surface area contributed by atoms with Gasteiger partial charge in [0.1, 0.15) is 11.9 Å². The van der Waals surface area contributed by atoms with E-state index in [-0.39, 0.29) is 0 Å². The van der Waals surface area contributed by atoms with E-state index in [0.29, 0.717) is 6.10 Å². The summed E-state index contributed by atoms with van der Waals surface area (Å²) in [5.74, 6) is 0.982. The Bertz CT molecular complexity index is 854. The number of aromatic nitrogens is 1. The first kappa shape index (κ1) is 17.0. The van der Waals surface area contributed by atoms with E-state index >= 15 is 0 Å². The molecule has 0 amide bonds. The van der Waals surface area contributed by atoms with Crippen molar-refractivity contribution in [2.24, 2.45) is 0 Å². The number of fused-ring (bicyclic) bond motifs is 1. The molecule has 134 valence electrons. The van der Waals surface area contributed by atoms with Gasteiger partial charge in [0.15, 0.2) is 0 Å². The van der Waals surface area contributed by atoms with E-state index < -0.39 is 0 Å². The van der Waals surface area contributed by atoms with Gasteiger partial charge in [0, 0.05) is 36.8 Å². The monoisotopic (exact) mass is 346 g/mol. The van der Waals surface area contributed by atoms with Crippen LogP contribution in [-0.4, -0.2) is 35.6 Å². The van der Waals surface area contributed by atoms with Gasteiger partial charge in [-0.2, -0.15) is 0 Å². The molecule has 0 N–H and O–H groups in total. The summed E-state index contributed by atoms with van der Waals surface area (Å²) in [5.41, 5.74) is 3.45. The number of likely N-dealkylation sites (tertiary alicyclic amines) is 1. The van der Waals surface area contributed by atoms with E-state index in [1.807, 2.05) is 13.0 Å². The number of nitrogens with zero attached hydrogens (tertiary/aromatic N) is 2. The molecule has 3 nitrogen and oxygen atoms in total. The summed E-state index contributed by atoms with van der Waals surface area (Å²) in [4.78, 5) is 7.16. The van der Waals surface area contributed by atoms with Crippen molar-refractivity contribution in [3.63, 3.8) is 0 Å². The van der Waals surface area contributed by atoms with Crippen LogP contribution in [0.5, 0.6) is 5.75 Å². The fourth-order valence-corrected chi connectivity index (χ4v) is 3.73. The summed E-state index contributed by atoms with van der Waals surface area (Å²) >= 11 is 0. The second-order valence-corrected chi connectivity index (χ2v) is 7.17. The molecule has 1 saturated heterocycles. The topological polar surface area (TPSA) is 25.4 Å². The van der Waals surface area contributed by atoms with Crippen molar-refractivity contribution < 1.29 is 4.74 Å². The van der Waals surface area contributed by atoms with Gasteiger partial charge in [-0.3, -0.25) is 4.98 Å². The molecular weight excluding hydrogens is 320 g/mol. The molecule has 1 aromatic heterocycles. The molecule has 0 spiro atoms. The van der Waals surface area contributed by atoms with Crippen molar-refractivity contribution in [1.82, 2.24) is 9.88 Å². The summed E-state index contributed by atoms with van der Waals surface area (Å²) in [6.45, 7) is 5.39. The Hall–Kier alpha value is -2.39. The van der Waals surface area contributed by atoms with Gasteiger partial charge in [0.2, 0.25) is 0 Å². The zero-order valence-electron chi connectivity index (χ0n) is 15.4. The van der Waals surface area contributed by atoms with E-state index in [1.54, 1.807) is 0 Å². The van der Waals surface area contributed by atoms with Gasteiger partial charge in [-0.05, 0) is 43.9 Å². The molecule has 0 aliphatic carbocycles. The molecule has 2 aromatic carbocycles. The van der Waals surface area contributed by atoms with Crippen molar-refractivity contribution >= 4 is 10.9 Å². The number of aryl methyl sites for hydroxylation is 1. The molecule has 0 saturated carbocycles. The normalized spacial score (nSPS) is 16.0. The second-order valence-electron chi connectivity index (χ2n) is 7.17. The van der Waals surface area contributed by atoms with Gasteiger partial charge in [-0.25, -0.2) is 0 Å². The third-order valence-corrected chi connectivity index (χ3v) is 5.19. The summed E-state index contributed by atoms with van der Waals surface area (Å²) in [6.07, 6.45) is 3.60. The van der Waals surface area contributed by atoms with Gasteiger partial charge in [0.05, 0.1) is 5.52 Å². The maximum Gasteiger partial charge on any atom is 0.130 e. The fourth-order valence-electron chi connectivity index (χ4n) is 3.73. The van der Waals surface area contributed by atoms with Crippen LogP contribution in [0.25, 0.3) is 10.9 Å².